The van der Waals surface area contributed by atoms with Crippen molar-refractivity contribution in [1.29, 1.82) is 0 Å². The van der Waals surface area contributed by atoms with Crippen molar-refractivity contribution in [2.24, 2.45) is 11.8 Å². The number of nitrogens with one attached hydrogen (secondary N) is 1. The van der Waals surface area contributed by atoms with Gasteiger partial charge in [0.25, 0.3) is 5.91 Å². The summed E-state index contributed by atoms with van der Waals surface area (Å²) in [6.07, 6.45) is 5.34. The van der Waals surface area contributed by atoms with E-state index < -0.39 is 47.7 Å². The summed E-state index contributed by atoms with van der Waals surface area (Å²) in [7, 11) is 0. The van der Waals surface area contributed by atoms with Crippen molar-refractivity contribution in [3.05, 3.63) is 90.5 Å². The second-order valence-electron chi connectivity index (χ2n) is 13.0. The van der Waals surface area contributed by atoms with Crippen molar-refractivity contribution < 1.29 is 33.8 Å². The number of anilines is 1. The minimum Gasteiger partial charge on any atom is -0.455 e. The number of aliphatic hydroxyl groups is 1. The number of carbonyl (C=O) groups is 4. The van der Waals surface area contributed by atoms with Crippen molar-refractivity contribution in [2.75, 3.05) is 24.6 Å². The summed E-state index contributed by atoms with van der Waals surface area (Å²) in [5, 5.41) is 12.8. The van der Waals surface area contributed by atoms with Gasteiger partial charge in [-0.3, -0.25) is 19.2 Å². The van der Waals surface area contributed by atoms with E-state index in [1.54, 1.807) is 53.1 Å². The highest BCUT2D eigenvalue weighted by Gasteiger charge is 2.75. The van der Waals surface area contributed by atoms with Crippen molar-refractivity contribution in [3.63, 3.8) is 0 Å². The molecule has 3 aliphatic heterocycles. The minimum atomic E-state index is -1.22. The van der Waals surface area contributed by atoms with Crippen LogP contribution in [0.1, 0.15) is 63.5 Å². The molecule has 3 saturated heterocycles. The van der Waals surface area contributed by atoms with Crippen molar-refractivity contribution >= 4 is 41.0 Å². The highest BCUT2D eigenvalue weighted by Crippen LogP contribution is 2.59. The van der Waals surface area contributed by atoms with Crippen LogP contribution in [0.5, 0.6) is 0 Å². The molecule has 3 aliphatic rings. The van der Waals surface area contributed by atoms with Crippen LogP contribution in [0.25, 0.3) is 0 Å². The van der Waals surface area contributed by atoms with E-state index in [1.165, 1.54) is 0 Å². The first-order chi connectivity index (χ1) is 23.7. The Morgan fingerprint density at radius 3 is 2.53 bits per heavy atom. The fourth-order valence-corrected chi connectivity index (χ4v) is 7.80. The van der Waals surface area contributed by atoms with Gasteiger partial charge in [-0.05, 0) is 75.3 Å². The highest BCUT2D eigenvalue weighted by atomic mass is 35.5. The van der Waals surface area contributed by atoms with Gasteiger partial charge in [-0.25, -0.2) is 0 Å². The fraction of sp³-hybridized carbons (Fsp3) is 0.474. The van der Waals surface area contributed by atoms with E-state index in [9.17, 15) is 24.3 Å². The van der Waals surface area contributed by atoms with Crippen LogP contribution in [0.4, 0.5) is 5.69 Å². The number of likely N-dealkylation sites (tertiary alicyclic amines) is 1. The van der Waals surface area contributed by atoms with Crippen LogP contribution in [0.2, 0.25) is 5.02 Å². The summed E-state index contributed by atoms with van der Waals surface area (Å²) < 4.78 is 12.9. The van der Waals surface area contributed by atoms with Gasteiger partial charge in [0.15, 0.2) is 0 Å². The first-order valence-electron chi connectivity index (χ1n) is 17.1. The molecule has 0 saturated carbocycles. The fourth-order valence-electron chi connectivity index (χ4n) is 7.67. The molecule has 2 bridgehead atoms. The van der Waals surface area contributed by atoms with Gasteiger partial charge in [0.05, 0.1) is 24.0 Å². The number of amides is 3. The molecule has 0 aliphatic carbocycles. The van der Waals surface area contributed by atoms with E-state index in [0.717, 1.165) is 0 Å². The third-order valence-electron chi connectivity index (χ3n) is 9.87. The summed E-state index contributed by atoms with van der Waals surface area (Å²) in [5.41, 5.74) is 0.0728. The largest absolute Gasteiger partial charge is 0.455 e. The Morgan fingerprint density at radius 2 is 1.86 bits per heavy atom. The lowest BCUT2D eigenvalue weighted by molar-refractivity contribution is -0.162. The Labute approximate surface area is 293 Å². The second kappa shape index (κ2) is 16.1. The molecule has 0 radical (unpaired) electrons. The van der Waals surface area contributed by atoms with E-state index in [2.05, 4.69) is 18.5 Å². The maximum absolute atomic E-state index is 14.7. The minimum absolute atomic E-state index is 0.0287. The number of aliphatic hydroxyl groups excluding tert-OH is 1. The monoisotopic (exact) mass is 691 g/mol. The lowest BCUT2D eigenvalue weighted by atomic mass is 9.70. The van der Waals surface area contributed by atoms with Gasteiger partial charge in [0, 0.05) is 36.8 Å². The molecule has 0 aromatic heterocycles. The zero-order valence-corrected chi connectivity index (χ0v) is 28.7. The molecule has 262 valence electrons. The van der Waals surface area contributed by atoms with Gasteiger partial charge in [-0.2, -0.15) is 0 Å². The molecule has 7 atom stereocenters. The number of allylic oxidation sites excluding steroid dienone is 1. The number of esters is 1. The molecular weight excluding hydrogens is 646 g/mol. The molecule has 3 amide bonds. The lowest BCUT2D eigenvalue weighted by Crippen LogP contribution is -2.56. The summed E-state index contributed by atoms with van der Waals surface area (Å²) in [6.45, 7) is 9.80. The van der Waals surface area contributed by atoms with Gasteiger partial charge >= 0.3 is 5.97 Å². The molecule has 3 heterocycles. The first-order valence-corrected chi connectivity index (χ1v) is 17.5. The SMILES string of the molecule is C=CCCC(=O)N[C@H](C)[C@@H](OC(=O)[C@@H]1[C@@H]2CC[C@]3(O2)[C@H](C(=O)N(CC=C)c2ccc(Cl)cc2)N(CCCCCO)C(=O)[C@@H]13)c1ccccc1. The van der Waals surface area contributed by atoms with Crippen LogP contribution in [0, 0.1) is 11.8 Å². The van der Waals surface area contributed by atoms with E-state index in [4.69, 9.17) is 21.1 Å². The second-order valence-corrected chi connectivity index (χ2v) is 13.5. The smallest absolute Gasteiger partial charge is 0.313 e. The average molecular weight is 692 g/mol. The van der Waals surface area contributed by atoms with Crippen LogP contribution in [-0.4, -0.2) is 77.2 Å². The zero-order valence-electron chi connectivity index (χ0n) is 28.0. The van der Waals surface area contributed by atoms with Crippen LogP contribution >= 0.6 is 11.6 Å². The predicted octanol–water partition coefficient (Wildman–Crippen LogP) is 5.15. The van der Waals surface area contributed by atoms with E-state index >= 15 is 0 Å². The molecule has 10 nitrogen and oxygen atoms in total. The van der Waals surface area contributed by atoms with Gasteiger partial charge in [-0.1, -0.05) is 54.1 Å². The molecule has 49 heavy (non-hydrogen) atoms. The van der Waals surface area contributed by atoms with Gasteiger partial charge in [-0.15, -0.1) is 13.2 Å². The number of hydrogen-bond donors (Lipinski definition) is 2. The number of ether oxygens (including phenoxy) is 2. The van der Waals surface area contributed by atoms with Crippen molar-refractivity contribution in [2.45, 2.75) is 81.8 Å². The van der Waals surface area contributed by atoms with Crippen molar-refractivity contribution in [1.82, 2.24) is 10.2 Å². The zero-order chi connectivity index (χ0) is 35.1. The molecule has 2 aromatic carbocycles. The van der Waals surface area contributed by atoms with Gasteiger partial charge in [0.1, 0.15) is 17.7 Å². The van der Waals surface area contributed by atoms with Gasteiger partial charge < -0.3 is 29.7 Å². The van der Waals surface area contributed by atoms with Crippen LogP contribution < -0.4 is 10.2 Å². The number of benzene rings is 2. The number of fused-ring (bicyclic) bond motifs is 1. The summed E-state index contributed by atoms with van der Waals surface area (Å²) in [5.74, 6) is -3.29. The Balaban J connectivity index is 1.46. The van der Waals surface area contributed by atoms with E-state index in [-0.39, 0.29) is 43.8 Å². The standard InChI is InChI=1S/C38H46ClN3O7/c1-4-6-15-30(44)40-25(3)33(26-13-9-7-10-14-26)48-37(47)31-29-20-21-38(49-29)32(31)35(45)42(23-11-8-12-24-43)34(38)36(46)41(22-5-2)28-18-16-27(39)17-19-28/h4-5,7,9-10,13-14,16-19,25,29,31-34,43H,1-2,6,8,11-12,15,20-24H2,3H3,(H,40,44)/t25-,29+,31-,32-,33-,34+,38-/m1/s1. The van der Waals surface area contributed by atoms with Crippen LogP contribution in [0.15, 0.2) is 79.9 Å². The summed E-state index contributed by atoms with van der Waals surface area (Å²) >= 11 is 6.15. The maximum atomic E-state index is 14.7. The number of hydrogen-bond acceptors (Lipinski definition) is 7. The third-order valence-corrected chi connectivity index (χ3v) is 10.1. The number of carbonyl (C=O) groups excluding carboxylic acids is 4. The third kappa shape index (κ3) is 7.46. The maximum Gasteiger partial charge on any atom is 0.313 e. The number of nitrogens with zero attached hydrogens (tertiary/aromatic N) is 2. The van der Waals surface area contributed by atoms with E-state index in [1.807, 2.05) is 30.3 Å². The normalized spacial score (nSPS) is 25.0. The highest BCUT2D eigenvalue weighted by molar-refractivity contribution is 6.30. The first kappa shape index (κ1) is 36.3. The van der Waals surface area contributed by atoms with Crippen molar-refractivity contribution in [3.8, 4) is 0 Å². The van der Waals surface area contributed by atoms with E-state index in [0.29, 0.717) is 54.8 Å². The van der Waals surface area contributed by atoms with Gasteiger partial charge in [0.2, 0.25) is 11.8 Å². The quantitative estimate of drug-likeness (QED) is 0.134. The molecule has 5 rings (SSSR count). The average Bonchev–Trinajstić information content (AvgIpc) is 3.74. The Kier molecular flexibility index (Phi) is 12.0. The lowest BCUT2D eigenvalue weighted by Gasteiger charge is -2.37. The topological polar surface area (TPSA) is 125 Å². The molecule has 3 fully saturated rings. The number of rotatable bonds is 17. The predicted molar refractivity (Wildman–Crippen MR) is 187 cm³/mol. The Bertz CT molecular complexity index is 1520. The molecule has 1 spiro atoms. The van der Waals surface area contributed by atoms with Crippen LogP contribution in [0.3, 0.4) is 0 Å². The molecular formula is C38H46ClN3O7. The molecule has 0 unspecified atom stereocenters. The Morgan fingerprint density at radius 1 is 1.12 bits per heavy atom. The summed E-state index contributed by atoms with van der Waals surface area (Å²) in [4.78, 5) is 59.2. The number of halogens is 1. The molecule has 11 heteroatoms. The molecule has 2 N–H and O–H groups in total. The van der Waals surface area contributed by atoms with Crippen LogP contribution in [-0.2, 0) is 28.7 Å². The molecule has 2 aromatic rings. The Hall–Kier alpha value is -3.99. The number of unbranched alkanes of at least 4 members (excludes halogenated alkanes) is 2. The summed E-state index contributed by atoms with van der Waals surface area (Å²) in [6, 6.07) is 14.5.